The van der Waals surface area contributed by atoms with Gasteiger partial charge in [0.1, 0.15) is 18.7 Å². The van der Waals surface area contributed by atoms with E-state index in [4.69, 9.17) is 9.94 Å². The van der Waals surface area contributed by atoms with E-state index in [9.17, 15) is 5.26 Å². The fraction of sp³-hybridized carbons (Fsp3) is 0.348. The molecule has 0 spiro atoms. The smallest absolute Gasteiger partial charge is 0.145 e. The maximum atomic E-state index is 9.38. The summed E-state index contributed by atoms with van der Waals surface area (Å²) in [5, 5.41) is 28.7. The molecule has 1 atom stereocenters. The minimum absolute atomic E-state index is 0.252. The number of thiophene rings is 1. The van der Waals surface area contributed by atoms with Crippen LogP contribution < -0.4 is 0 Å². The fourth-order valence-electron chi connectivity index (χ4n) is 3.63. The molecule has 0 bridgehead atoms. The molecular weight excluding hydrogens is 466 g/mol. The van der Waals surface area contributed by atoms with Crippen molar-refractivity contribution in [3.8, 4) is 17.3 Å². The Morgan fingerprint density at radius 3 is 2.97 bits per heavy atom. The van der Waals surface area contributed by atoms with Crippen LogP contribution in [-0.2, 0) is 11.5 Å². The van der Waals surface area contributed by atoms with Gasteiger partial charge in [0.2, 0.25) is 0 Å². The second-order valence-corrected chi connectivity index (χ2v) is 15.8. The Morgan fingerprint density at radius 2 is 2.21 bits per heavy atom. The van der Waals surface area contributed by atoms with E-state index in [0.29, 0.717) is 6.73 Å². The molecule has 0 saturated heterocycles. The zero-order valence-corrected chi connectivity index (χ0v) is 21.2. The van der Waals surface area contributed by atoms with Crippen molar-refractivity contribution in [2.24, 2.45) is 5.16 Å². The van der Waals surface area contributed by atoms with Gasteiger partial charge in [0.05, 0.1) is 36.6 Å². The summed E-state index contributed by atoms with van der Waals surface area (Å²) in [7, 11) is -1.13. The van der Waals surface area contributed by atoms with E-state index in [-0.39, 0.29) is 12.5 Å². The van der Waals surface area contributed by atoms with Crippen molar-refractivity contribution in [2.45, 2.75) is 44.9 Å². The summed E-state index contributed by atoms with van der Waals surface area (Å²) in [6, 6.07) is 7.01. The molecule has 11 heteroatoms. The first-order valence-electron chi connectivity index (χ1n) is 10.9. The molecule has 1 N–H and O–H groups in total. The average molecular weight is 494 g/mol. The Labute approximate surface area is 203 Å². The largest absolute Gasteiger partial charge is 0.411 e. The Hall–Kier alpha value is -3.33. The predicted molar refractivity (Wildman–Crippen MR) is 135 cm³/mol. The highest BCUT2D eigenvalue weighted by atomic mass is 32.1. The summed E-state index contributed by atoms with van der Waals surface area (Å²) in [6.45, 7) is 8.20. The fourth-order valence-corrected chi connectivity index (χ4v) is 5.19. The molecular formula is C23H27N7O2SSi. The van der Waals surface area contributed by atoms with Crippen molar-refractivity contribution in [1.82, 2.24) is 24.3 Å². The zero-order chi connectivity index (χ0) is 24.1. The van der Waals surface area contributed by atoms with Crippen LogP contribution in [0.2, 0.25) is 25.7 Å². The molecule has 0 saturated carbocycles. The van der Waals surface area contributed by atoms with Gasteiger partial charge in [0, 0.05) is 42.9 Å². The van der Waals surface area contributed by atoms with E-state index in [0.717, 1.165) is 45.4 Å². The molecule has 4 heterocycles. The molecule has 0 fully saturated rings. The molecule has 0 aliphatic carbocycles. The molecule has 0 aliphatic rings. The highest BCUT2D eigenvalue weighted by molar-refractivity contribution is 7.11. The van der Waals surface area contributed by atoms with Gasteiger partial charge in [-0.1, -0.05) is 24.8 Å². The third-order valence-corrected chi connectivity index (χ3v) is 8.06. The van der Waals surface area contributed by atoms with Crippen molar-refractivity contribution in [3.05, 3.63) is 52.9 Å². The van der Waals surface area contributed by atoms with Gasteiger partial charge in [-0.15, -0.1) is 11.3 Å². The molecule has 4 aromatic rings. The van der Waals surface area contributed by atoms with Crippen LogP contribution in [0.3, 0.4) is 0 Å². The van der Waals surface area contributed by atoms with E-state index < -0.39 is 8.07 Å². The number of fused-ring (bicyclic) bond motifs is 1. The highest BCUT2D eigenvalue weighted by Crippen LogP contribution is 2.30. The average Bonchev–Trinajstić information content (AvgIpc) is 3.55. The van der Waals surface area contributed by atoms with Gasteiger partial charge in [0.15, 0.2) is 0 Å². The molecule has 0 amide bonds. The van der Waals surface area contributed by atoms with Gasteiger partial charge in [-0.3, -0.25) is 4.68 Å². The van der Waals surface area contributed by atoms with Gasteiger partial charge >= 0.3 is 0 Å². The number of nitriles is 1. The number of oxime groups is 1. The van der Waals surface area contributed by atoms with E-state index in [1.807, 2.05) is 34.5 Å². The Balaban J connectivity index is 1.57. The molecule has 0 radical (unpaired) electrons. The third kappa shape index (κ3) is 5.41. The summed E-state index contributed by atoms with van der Waals surface area (Å²) >= 11 is 1.45. The van der Waals surface area contributed by atoms with Gasteiger partial charge in [-0.05, 0) is 29.1 Å². The normalized spacial score (nSPS) is 13.0. The van der Waals surface area contributed by atoms with Crippen LogP contribution in [0.5, 0.6) is 0 Å². The van der Waals surface area contributed by atoms with Crippen molar-refractivity contribution < 1.29 is 9.94 Å². The third-order valence-electron chi connectivity index (χ3n) is 5.47. The lowest BCUT2D eigenvalue weighted by Crippen LogP contribution is -2.22. The number of hydrogen-bond donors (Lipinski definition) is 1. The lowest BCUT2D eigenvalue weighted by atomic mass is 10.1. The first kappa shape index (κ1) is 23.8. The second-order valence-electron chi connectivity index (χ2n) is 9.21. The number of rotatable bonds is 10. The zero-order valence-electron chi connectivity index (χ0n) is 19.4. The molecule has 4 rings (SSSR count). The maximum absolute atomic E-state index is 9.38. The van der Waals surface area contributed by atoms with Crippen LogP contribution >= 0.6 is 11.3 Å². The molecule has 34 heavy (non-hydrogen) atoms. The molecule has 176 valence electrons. The lowest BCUT2D eigenvalue weighted by Gasteiger charge is -2.15. The van der Waals surface area contributed by atoms with E-state index in [1.165, 1.54) is 17.6 Å². The monoisotopic (exact) mass is 493 g/mol. The highest BCUT2D eigenvalue weighted by Gasteiger charge is 2.19. The molecule has 9 nitrogen and oxygen atoms in total. The summed E-state index contributed by atoms with van der Waals surface area (Å²) in [5.74, 6) is 0. The quantitative estimate of drug-likeness (QED) is 0.110. The van der Waals surface area contributed by atoms with Crippen LogP contribution in [0.4, 0.5) is 0 Å². The predicted octanol–water partition coefficient (Wildman–Crippen LogP) is 4.98. The molecule has 0 aliphatic heterocycles. The van der Waals surface area contributed by atoms with Crippen LogP contribution in [0.1, 0.15) is 22.9 Å². The SMILES string of the molecule is C[Si](C)(C)CCOCn1ccc2c(-c3cnn(C(CC#N)c4csc(/C=N\O)c4)c3)ncnc21. The minimum Gasteiger partial charge on any atom is -0.411 e. The van der Waals surface area contributed by atoms with Gasteiger partial charge in [0.25, 0.3) is 0 Å². The first-order valence-corrected chi connectivity index (χ1v) is 15.5. The van der Waals surface area contributed by atoms with Crippen LogP contribution in [0.15, 0.2) is 47.6 Å². The first-order chi connectivity index (χ1) is 16.4. The number of hydrogen-bond acceptors (Lipinski definition) is 8. The Kier molecular flexibility index (Phi) is 7.21. The molecule has 0 aromatic carbocycles. The van der Waals surface area contributed by atoms with Crippen molar-refractivity contribution in [2.75, 3.05) is 6.61 Å². The van der Waals surface area contributed by atoms with Crippen LogP contribution in [0.25, 0.3) is 22.3 Å². The van der Waals surface area contributed by atoms with Gasteiger partial charge in [-0.2, -0.15) is 10.4 Å². The minimum atomic E-state index is -1.13. The lowest BCUT2D eigenvalue weighted by molar-refractivity contribution is 0.0899. The Bertz CT molecular complexity index is 1330. The van der Waals surface area contributed by atoms with Gasteiger partial charge < -0.3 is 14.5 Å². The number of nitrogens with zero attached hydrogens (tertiary/aromatic N) is 7. The second kappa shape index (κ2) is 10.3. The Morgan fingerprint density at radius 1 is 1.35 bits per heavy atom. The van der Waals surface area contributed by atoms with E-state index in [2.05, 4.69) is 45.9 Å². The van der Waals surface area contributed by atoms with Crippen LogP contribution in [-0.4, -0.2) is 50.4 Å². The summed E-state index contributed by atoms with van der Waals surface area (Å²) < 4.78 is 9.68. The standard InChI is InChI=1S/C23H27N7O2SSi/c1-34(2,3)9-8-32-16-29-7-5-20-22(25-15-26-23(20)29)18-11-27-30(13-18)21(4-6-24)17-10-19(12-28-31)33-14-17/h5,7,10-15,21,31H,4,8-9,16H2,1-3H3/b28-12-. The topological polar surface area (TPSA) is 114 Å². The molecule has 4 aromatic heterocycles. The van der Waals surface area contributed by atoms with Crippen molar-refractivity contribution in [1.29, 1.82) is 5.26 Å². The summed E-state index contributed by atoms with van der Waals surface area (Å²) in [6.07, 6.45) is 8.83. The van der Waals surface area contributed by atoms with Crippen LogP contribution in [0, 0.1) is 11.3 Å². The maximum Gasteiger partial charge on any atom is 0.145 e. The van der Waals surface area contributed by atoms with Crippen molar-refractivity contribution in [3.63, 3.8) is 0 Å². The van der Waals surface area contributed by atoms with Crippen molar-refractivity contribution >= 4 is 36.7 Å². The van der Waals surface area contributed by atoms with E-state index in [1.54, 1.807) is 17.2 Å². The summed E-state index contributed by atoms with van der Waals surface area (Å²) in [4.78, 5) is 9.80. The number of ether oxygens (including phenoxy) is 1. The van der Waals surface area contributed by atoms with Gasteiger partial charge in [-0.25, -0.2) is 9.97 Å². The van der Waals surface area contributed by atoms with E-state index >= 15 is 0 Å². The molecule has 1 unspecified atom stereocenters. The summed E-state index contributed by atoms with van der Waals surface area (Å²) in [5.41, 5.74) is 3.38. The number of aromatic nitrogens is 5.